The van der Waals surface area contributed by atoms with Crippen molar-refractivity contribution < 1.29 is 4.79 Å². The first-order chi connectivity index (χ1) is 17.9. The maximum atomic E-state index is 11.7. The van der Waals surface area contributed by atoms with Gasteiger partial charge in [-0.05, 0) is 37.8 Å². The number of halogens is 1. The molecule has 6 rings (SSSR count). The van der Waals surface area contributed by atoms with Crippen LogP contribution in [0, 0.1) is 23.3 Å². The molecule has 2 aliphatic heterocycles. The zero-order valence-electron chi connectivity index (χ0n) is 20.3. The van der Waals surface area contributed by atoms with Gasteiger partial charge in [-0.2, -0.15) is 10.2 Å². The standard InChI is InChI=1S/C25H25ClN10O/c1-15(37)34-7-5-25(6-8-34)13-35(14-25)19-10-16(11-27)9-18(21(19)26)31-24-32-22(30-17-3-4-17)23-29-12-20(28-2)36(23)33-24/h9-10,12,17H,3-8,13-14H2,1H3,(H2,30,31,32,33). The highest BCUT2D eigenvalue weighted by molar-refractivity contribution is 6.36. The van der Waals surface area contributed by atoms with Crippen LogP contribution in [0.5, 0.6) is 0 Å². The van der Waals surface area contributed by atoms with Crippen LogP contribution in [0.4, 0.5) is 29.0 Å². The van der Waals surface area contributed by atoms with Gasteiger partial charge in [-0.1, -0.05) is 23.3 Å². The smallest absolute Gasteiger partial charge is 0.275 e. The molecule has 1 aliphatic carbocycles. The third-order valence-electron chi connectivity index (χ3n) is 7.47. The molecule has 37 heavy (non-hydrogen) atoms. The average Bonchev–Trinajstić information content (AvgIpc) is 3.59. The van der Waals surface area contributed by atoms with Crippen LogP contribution in [0.2, 0.25) is 5.02 Å². The number of nitrogens with one attached hydrogen (secondary N) is 2. The van der Waals surface area contributed by atoms with E-state index in [1.54, 1.807) is 13.0 Å². The first-order valence-electron chi connectivity index (χ1n) is 12.3. The lowest BCUT2D eigenvalue weighted by atomic mass is 9.71. The van der Waals surface area contributed by atoms with Gasteiger partial charge in [0.2, 0.25) is 5.91 Å². The van der Waals surface area contributed by atoms with E-state index in [1.165, 1.54) is 10.7 Å². The number of fused-ring (bicyclic) bond motifs is 1. The molecule has 3 aromatic rings. The van der Waals surface area contributed by atoms with Gasteiger partial charge in [0.1, 0.15) is 0 Å². The predicted molar refractivity (Wildman–Crippen MR) is 139 cm³/mol. The van der Waals surface area contributed by atoms with Crippen LogP contribution in [0.3, 0.4) is 0 Å². The first-order valence-corrected chi connectivity index (χ1v) is 12.7. The van der Waals surface area contributed by atoms with Crippen molar-refractivity contribution in [2.45, 2.75) is 38.6 Å². The molecule has 0 atom stereocenters. The summed E-state index contributed by atoms with van der Waals surface area (Å²) in [6.45, 7) is 12.3. The van der Waals surface area contributed by atoms with E-state index in [0.29, 0.717) is 33.8 Å². The van der Waals surface area contributed by atoms with Gasteiger partial charge in [-0.25, -0.2) is 4.98 Å². The molecule has 1 aromatic carbocycles. The third kappa shape index (κ3) is 4.25. The number of hydrogen-bond acceptors (Lipinski definition) is 8. The van der Waals surface area contributed by atoms with Gasteiger partial charge in [-0.3, -0.25) is 4.79 Å². The largest absolute Gasteiger partial charge is 0.369 e. The van der Waals surface area contributed by atoms with Gasteiger partial charge in [-0.15, -0.1) is 4.52 Å². The summed E-state index contributed by atoms with van der Waals surface area (Å²) in [6, 6.07) is 6.04. The fraction of sp³-hybridized carbons (Fsp3) is 0.440. The second-order valence-corrected chi connectivity index (χ2v) is 10.5. The van der Waals surface area contributed by atoms with Gasteiger partial charge in [0.25, 0.3) is 17.4 Å². The zero-order chi connectivity index (χ0) is 25.7. The topological polar surface area (TPSA) is 119 Å². The Morgan fingerprint density at radius 2 is 2.05 bits per heavy atom. The fourth-order valence-electron chi connectivity index (χ4n) is 5.18. The Morgan fingerprint density at radius 1 is 1.30 bits per heavy atom. The molecule has 4 heterocycles. The highest BCUT2D eigenvalue weighted by Gasteiger charge is 2.46. The number of aromatic nitrogens is 4. The molecule has 0 unspecified atom stereocenters. The lowest BCUT2D eigenvalue weighted by Gasteiger charge is -2.55. The molecule has 1 amide bonds. The van der Waals surface area contributed by atoms with E-state index < -0.39 is 0 Å². The molecule has 3 fully saturated rings. The number of hydrogen-bond donors (Lipinski definition) is 2. The maximum Gasteiger partial charge on any atom is 0.275 e. The molecular formula is C25H25ClN10O. The summed E-state index contributed by atoms with van der Waals surface area (Å²) in [6.07, 6.45) is 5.50. The number of rotatable bonds is 5. The van der Waals surface area contributed by atoms with E-state index in [0.717, 1.165) is 57.5 Å². The number of carbonyl (C=O) groups excluding carboxylic acids is 1. The van der Waals surface area contributed by atoms with Gasteiger partial charge in [0.05, 0.1) is 34.2 Å². The maximum absolute atomic E-state index is 11.7. The van der Waals surface area contributed by atoms with Gasteiger partial charge < -0.3 is 25.3 Å². The second-order valence-electron chi connectivity index (χ2n) is 10.1. The summed E-state index contributed by atoms with van der Waals surface area (Å²) in [5.74, 6) is 1.20. The third-order valence-corrected chi connectivity index (χ3v) is 7.87. The average molecular weight is 517 g/mol. The Morgan fingerprint density at radius 3 is 2.70 bits per heavy atom. The molecule has 0 radical (unpaired) electrons. The minimum Gasteiger partial charge on any atom is -0.369 e. The minimum atomic E-state index is 0.126. The van der Waals surface area contributed by atoms with Crippen molar-refractivity contribution in [1.82, 2.24) is 24.5 Å². The van der Waals surface area contributed by atoms with Crippen LogP contribution in [0.25, 0.3) is 10.5 Å². The van der Waals surface area contributed by atoms with Crippen molar-refractivity contribution in [3.63, 3.8) is 0 Å². The molecule has 0 bridgehead atoms. The number of nitriles is 1. The molecule has 2 N–H and O–H groups in total. The predicted octanol–water partition coefficient (Wildman–Crippen LogP) is 3.97. The van der Waals surface area contributed by atoms with Crippen LogP contribution in [-0.4, -0.2) is 62.6 Å². The highest BCUT2D eigenvalue weighted by Crippen LogP contribution is 2.46. The number of benzene rings is 1. The molecule has 2 aromatic heterocycles. The summed E-state index contributed by atoms with van der Waals surface area (Å²) in [5, 5.41) is 21.2. The van der Waals surface area contributed by atoms with Gasteiger partial charge >= 0.3 is 0 Å². The molecule has 1 spiro atoms. The minimum absolute atomic E-state index is 0.126. The summed E-state index contributed by atoms with van der Waals surface area (Å²) < 4.78 is 1.46. The second kappa shape index (κ2) is 8.79. The van der Waals surface area contributed by atoms with Crippen LogP contribution in [0.1, 0.15) is 38.2 Å². The fourth-order valence-corrected chi connectivity index (χ4v) is 5.45. The molecular weight excluding hydrogens is 492 g/mol. The normalized spacial score (nSPS) is 18.3. The Balaban J connectivity index is 1.28. The monoisotopic (exact) mass is 516 g/mol. The number of imidazole rings is 1. The zero-order valence-corrected chi connectivity index (χ0v) is 21.1. The molecule has 12 heteroatoms. The molecule has 11 nitrogen and oxygen atoms in total. The molecule has 2 saturated heterocycles. The Bertz CT molecular complexity index is 1480. The van der Waals surface area contributed by atoms with E-state index in [9.17, 15) is 10.1 Å². The van der Waals surface area contributed by atoms with Gasteiger partial charge in [0.15, 0.2) is 5.82 Å². The molecule has 1 saturated carbocycles. The molecule has 188 valence electrons. The Labute approximate surface area is 218 Å². The lowest BCUT2D eigenvalue weighted by Crippen LogP contribution is -2.61. The summed E-state index contributed by atoms with van der Waals surface area (Å²) in [5.41, 5.74) is 2.42. The van der Waals surface area contributed by atoms with Crippen molar-refractivity contribution in [1.29, 1.82) is 5.26 Å². The van der Waals surface area contributed by atoms with E-state index >= 15 is 0 Å². The van der Waals surface area contributed by atoms with Crippen molar-refractivity contribution in [3.8, 4) is 6.07 Å². The van der Waals surface area contributed by atoms with Gasteiger partial charge in [0, 0.05) is 44.6 Å². The highest BCUT2D eigenvalue weighted by atomic mass is 35.5. The number of amides is 1. The van der Waals surface area contributed by atoms with Crippen LogP contribution < -0.4 is 15.5 Å². The van der Waals surface area contributed by atoms with E-state index in [4.69, 9.17) is 18.2 Å². The SMILES string of the molecule is [C-]#[N+]c1cnc2c(NC3CC3)nc(Nc3cc(C#N)cc(N4CC5(CCN(C(C)=O)CC5)C4)c3Cl)nn12. The first kappa shape index (κ1) is 23.3. The summed E-state index contributed by atoms with van der Waals surface area (Å²) in [7, 11) is 0. The van der Waals surface area contributed by atoms with Crippen molar-refractivity contribution in [3.05, 3.63) is 40.3 Å². The number of piperidine rings is 1. The van der Waals surface area contributed by atoms with Crippen LogP contribution in [-0.2, 0) is 4.79 Å². The van der Waals surface area contributed by atoms with Crippen LogP contribution >= 0.6 is 11.6 Å². The summed E-state index contributed by atoms with van der Waals surface area (Å²) in [4.78, 5) is 28.2. The van der Waals surface area contributed by atoms with E-state index in [1.807, 2.05) is 11.0 Å². The number of carbonyl (C=O) groups is 1. The van der Waals surface area contributed by atoms with Crippen molar-refractivity contribution in [2.75, 3.05) is 41.7 Å². The van der Waals surface area contributed by atoms with Crippen molar-refractivity contribution >= 4 is 52.1 Å². The lowest BCUT2D eigenvalue weighted by molar-refractivity contribution is -0.131. The van der Waals surface area contributed by atoms with E-state index in [2.05, 4.69) is 41.5 Å². The summed E-state index contributed by atoms with van der Waals surface area (Å²) >= 11 is 6.87. The Kier molecular flexibility index (Phi) is 5.54. The molecule has 3 aliphatic rings. The quantitative estimate of drug-likeness (QED) is 0.489. The Hall–Kier alpha value is -4.09. The van der Waals surface area contributed by atoms with Crippen molar-refractivity contribution in [2.24, 2.45) is 5.41 Å². The number of anilines is 4. The van der Waals surface area contributed by atoms with Crippen LogP contribution in [0.15, 0.2) is 18.3 Å². The number of nitrogens with zero attached hydrogens (tertiary/aromatic N) is 8. The van der Waals surface area contributed by atoms with E-state index in [-0.39, 0.29) is 23.1 Å². The number of likely N-dealkylation sites (tertiary alicyclic amines) is 1.